The molecule has 1 aliphatic heterocycles. The normalized spacial score (nSPS) is 20.7. The Morgan fingerprint density at radius 1 is 1.09 bits per heavy atom. The number of carbonyl (C=O) groups is 4. The molecule has 178 valence electrons. The summed E-state index contributed by atoms with van der Waals surface area (Å²) in [5.41, 5.74) is 0.686. The van der Waals surface area contributed by atoms with Crippen LogP contribution in [0.5, 0.6) is 0 Å². The number of benzene rings is 1. The zero-order valence-electron chi connectivity index (χ0n) is 19.4. The summed E-state index contributed by atoms with van der Waals surface area (Å²) in [6.07, 6.45) is 5.25. The van der Waals surface area contributed by atoms with Crippen molar-refractivity contribution in [1.82, 2.24) is 15.1 Å². The molecule has 1 N–H and O–H groups in total. The molecule has 1 unspecified atom stereocenters. The maximum absolute atomic E-state index is 13.4. The third-order valence-electron chi connectivity index (χ3n) is 6.23. The molecule has 2 aliphatic rings. The van der Waals surface area contributed by atoms with Crippen LogP contribution in [0.3, 0.4) is 0 Å². The van der Waals surface area contributed by atoms with Crippen molar-refractivity contribution in [3.8, 4) is 0 Å². The number of rotatable bonds is 9. The lowest BCUT2D eigenvalue weighted by molar-refractivity contribution is -0.144. The van der Waals surface area contributed by atoms with E-state index in [0.29, 0.717) is 24.8 Å². The molecule has 0 saturated carbocycles. The molecule has 3 rings (SSSR count). The van der Waals surface area contributed by atoms with Crippen LogP contribution in [0.1, 0.15) is 52.0 Å². The van der Waals surface area contributed by atoms with Crippen molar-refractivity contribution in [2.24, 2.45) is 11.8 Å². The number of nitrogens with zero attached hydrogens (tertiary/aromatic N) is 2. The Balaban J connectivity index is 1.75. The van der Waals surface area contributed by atoms with Crippen LogP contribution >= 0.6 is 0 Å². The highest BCUT2D eigenvalue weighted by atomic mass is 19.1. The van der Waals surface area contributed by atoms with E-state index in [2.05, 4.69) is 5.32 Å². The Bertz CT molecular complexity index is 902. The predicted molar refractivity (Wildman–Crippen MR) is 121 cm³/mol. The van der Waals surface area contributed by atoms with E-state index in [0.717, 1.165) is 0 Å². The average molecular weight is 458 g/mol. The molecule has 1 aromatic rings. The van der Waals surface area contributed by atoms with Gasteiger partial charge in [0, 0.05) is 25.6 Å². The molecule has 1 fully saturated rings. The molecule has 0 bridgehead atoms. The molecule has 1 heterocycles. The molecule has 1 aromatic carbocycles. The van der Waals surface area contributed by atoms with Gasteiger partial charge in [-0.15, -0.1) is 0 Å². The summed E-state index contributed by atoms with van der Waals surface area (Å²) in [6.45, 7) is 5.62. The van der Waals surface area contributed by atoms with Crippen molar-refractivity contribution < 1.29 is 23.6 Å². The fourth-order valence-corrected chi connectivity index (χ4v) is 4.53. The number of fused-ring (bicyclic) bond motifs is 1. The molecule has 1 aliphatic carbocycles. The average Bonchev–Trinajstić information content (AvgIpc) is 3.02. The molecule has 8 heteroatoms. The second kappa shape index (κ2) is 10.7. The first-order valence-corrected chi connectivity index (χ1v) is 11.6. The predicted octanol–water partition coefficient (Wildman–Crippen LogP) is 2.80. The van der Waals surface area contributed by atoms with Crippen LogP contribution in [0.15, 0.2) is 36.4 Å². The Morgan fingerprint density at radius 3 is 2.18 bits per heavy atom. The number of hydrogen-bond donors (Lipinski definition) is 1. The van der Waals surface area contributed by atoms with Crippen LogP contribution in [0, 0.1) is 17.7 Å². The van der Waals surface area contributed by atoms with E-state index < -0.39 is 6.04 Å². The lowest BCUT2D eigenvalue weighted by atomic mass is 9.85. The van der Waals surface area contributed by atoms with Crippen LogP contribution < -0.4 is 5.32 Å². The van der Waals surface area contributed by atoms with Gasteiger partial charge in [0.25, 0.3) is 0 Å². The minimum absolute atomic E-state index is 0.00828. The fourth-order valence-electron chi connectivity index (χ4n) is 4.53. The van der Waals surface area contributed by atoms with E-state index in [-0.39, 0.29) is 66.8 Å². The van der Waals surface area contributed by atoms with Gasteiger partial charge in [-0.3, -0.25) is 24.1 Å². The van der Waals surface area contributed by atoms with Crippen molar-refractivity contribution in [1.29, 1.82) is 0 Å². The summed E-state index contributed by atoms with van der Waals surface area (Å²) in [5, 5.41) is 2.85. The van der Waals surface area contributed by atoms with Gasteiger partial charge in [-0.05, 0) is 50.8 Å². The van der Waals surface area contributed by atoms with E-state index >= 15 is 0 Å². The van der Waals surface area contributed by atoms with E-state index in [9.17, 15) is 23.6 Å². The highest BCUT2D eigenvalue weighted by Gasteiger charge is 2.47. The highest BCUT2D eigenvalue weighted by Crippen LogP contribution is 2.35. The van der Waals surface area contributed by atoms with Gasteiger partial charge in [-0.1, -0.05) is 31.2 Å². The second-order valence-corrected chi connectivity index (χ2v) is 8.97. The molecule has 1 saturated heterocycles. The molecule has 33 heavy (non-hydrogen) atoms. The summed E-state index contributed by atoms with van der Waals surface area (Å²) in [5.74, 6) is -2.12. The largest absolute Gasteiger partial charge is 0.352 e. The molecule has 0 spiro atoms. The Labute approximate surface area is 194 Å². The smallest absolute Gasteiger partial charge is 0.243 e. The summed E-state index contributed by atoms with van der Waals surface area (Å²) < 4.78 is 13.4. The summed E-state index contributed by atoms with van der Waals surface area (Å²) >= 11 is 0. The molecule has 4 amide bonds. The Morgan fingerprint density at radius 2 is 1.67 bits per heavy atom. The van der Waals surface area contributed by atoms with Crippen LogP contribution in [0.25, 0.3) is 0 Å². The maximum atomic E-state index is 13.4. The van der Waals surface area contributed by atoms with Gasteiger partial charge in [0.1, 0.15) is 11.9 Å². The number of amides is 4. The minimum Gasteiger partial charge on any atom is -0.352 e. The van der Waals surface area contributed by atoms with Crippen LogP contribution in [0.4, 0.5) is 4.39 Å². The Hall–Kier alpha value is -3.03. The van der Waals surface area contributed by atoms with Crippen LogP contribution in [-0.2, 0) is 25.7 Å². The quantitative estimate of drug-likeness (QED) is 0.456. The van der Waals surface area contributed by atoms with Gasteiger partial charge in [0.15, 0.2) is 0 Å². The van der Waals surface area contributed by atoms with E-state index in [4.69, 9.17) is 0 Å². The van der Waals surface area contributed by atoms with Gasteiger partial charge in [-0.25, -0.2) is 4.39 Å². The Kier molecular flexibility index (Phi) is 8.00. The first kappa shape index (κ1) is 24.6. The second-order valence-electron chi connectivity index (χ2n) is 8.97. The number of halogens is 1. The van der Waals surface area contributed by atoms with Crippen molar-refractivity contribution >= 4 is 23.6 Å². The van der Waals surface area contributed by atoms with E-state index in [1.807, 2.05) is 32.9 Å². The van der Waals surface area contributed by atoms with E-state index in [1.54, 1.807) is 12.1 Å². The minimum atomic E-state index is -0.721. The monoisotopic (exact) mass is 457 g/mol. The third-order valence-corrected chi connectivity index (χ3v) is 6.23. The summed E-state index contributed by atoms with van der Waals surface area (Å²) in [4.78, 5) is 54.2. The van der Waals surface area contributed by atoms with E-state index in [1.165, 1.54) is 21.9 Å². The number of hydrogen-bond acceptors (Lipinski definition) is 4. The molecule has 3 atom stereocenters. The number of allylic oxidation sites excluding steroid dienone is 2. The van der Waals surface area contributed by atoms with Gasteiger partial charge in [0.2, 0.25) is 23.6 Å². The summed E-state index contributed by atoms with van der Waals surface area (Å²) in [6, 6.07) is 4.96. The van der Waals surface area contributed by atoms with Gasteiger partial charge in [0.05, 0.1) is 11.8 Å². The molecule has 0 aromatic heterocycles. The van der Waals surface area contributed by atoms with Crippen LogP contribution in [-0.4, -0.2) is 52.1 Å². The number of imide groups is 1. The topological polar surface area (TPSA) is 86.8 Å². The molecular weight excluding hydrogens is 425 g/mol. The standard InChI is InChI=1S/C25H32FN3O4/c1-4-21(23(31)27-16(2)3)29(15-17-9-11-18(26)12-10-17)22(30)13-14-28-24(32)19-7-5-6-8-20(19)25(28)33/h5-6,9-12,16,19-21H,4,7-8,13-15H2,1-3H3,(H,27,31)/t19-,20+,21?. The van der Waals surface area contributed by atoms with Crippen molar-refractivity contribution in [2.45, 2.75) is 65.1 Å². The van der Waals surface area contributed by atoms with Gasteiger partial charge < -0.3 is 10.2 Å². The number of carbonyl (C=O) groups excluding carboxylic acids is 4. The third kappa shape index (κ3) is 5.67. The maximum Gasteiger partial charge on any atom is 0.243 e. The molecular formula is C25H32FN3O4. The number of likely N-dealkylation sites (tertiary alicyclic amines) is 1. The fraction of sp³-hybridized carbons (Fsp3) is 0.520. The summed E-state index contributed by atoms with van der Waals surface area (Å²) in [7, 11) is 0. The first-order valence-electron chi connectivity index (χ1n) is 11.6. The molecule has 7 nitrogen and oxygen atoms in total. The van der Waals surface area contributed by atoms with Gasteiger partial charge >= 0.3 is 0 Å². The van der Waals surface area contributed by atoms with Crippen molar-refractivity contribution in [3.05, 3.63) is 47.8 Å². The lowest BCUT2D eigenvalue weighted by Crippen LogP contribution is -2.51. The van der Waals surface area contributed by atoms with Gasteiger partial charge in [-0.2, -0.15) is 0 Å². The number of nitrogens with one attached hydrogen (secondary N) is 1. The SMILES string of the molecule is CCC(C(=O)NC(C)C)N(Cc1ccc(F)cc1)C(=O)CCN1C(=O)[C@H]2CC=CC[C@H]2C1=O. The van der Waals surface area contributed by atoms with Crippen molar-refractivity contribution in [2.75, 3.05) is 6.54 Å². The molecule has 0 radical (unpaired) electrons. The highest BCUT2D eigenvalue weighted by molar-refractivity contribution is 6.05. The first-order chi connectivity index (χ1) is 15.7. The van der Waals surface area contributed by atoms with Crippen molar-refractivity contribution in [3.63, 3.8) is 0 Å². The lowest BCUT2D eigenvalue weighted by Gasteiger charge is -2.31. The zero-order chi connectivity index (χ0) is 24.1. The van der Waals surface area contributed by atoms with Crippen LogP contribution in [0.2, 0.25) is 0 Å². The zero-order valence-corrected chi connectivity index (χ0v) is 19.4.